The van der Waals surface area contributed by atoms with Crippen molar-refractivity contribution in [2.75, 3.05) is 0 Å². The summed E-state index contributed by atoms with van der Waals surface area (Å²) >= 11 is 0. The number of aromatic nitrogens is 3. The minimum Gasteiger partial charge on any atom is -0.481 e. The lowest BCUT2D eigenvalue weighted by atomic mass is 9.93. The van der Waals surface area contributed by atoms with E-state index in [4.69, 9.17) is 5.11 Å². The summed E-state index contributed by atoms with van der Waals surface area (Å²) in [6.07, 6.45) is 4.81. The summed E-state index contributed by atoms with van der Waals surface area (Å²) in [5.74, 6) is -0.251. The first-order valence-electron chi connectivity index (χ1n) is 6.61. The number of hydrogen-bond donors (Lipinski definition) is 3. The highest BCUT2D eigenvalue weighted by molar-refractivity contribution is 5.76. The minimum atomic E-state index is -0.888. The summed E-state index contributed by atoms with van der Waals surface area (Å²) in [4.78, 5) is 22.9. The number of aryl methyl sites for hydroxylation is 1. The Balaban J connectivity index is 1.89. The summed E-state index contributed by atoms with van der Waals surface area (Å²) in [5, 5.41) is 22.1. The lowest BCUT2D eigenvalue weighted by Gasteiger charge is -2.28. The Hall–Kier alpha value is -2.12. The molecule has 2 rings (SSSR count). The van der Waals surface area contributed by atoms with Gasteiger partial charge in [0.2, 0.25) is 0 Å². The molecule has 1 aromatic rings. The van der Waals surface area contributed by atoms with Gasteiger partial charge in [0.1, 0.15) is 6.33 Å². The Morgan fingerprint density at radius 2 is 2.15 bits per heavy atom. The highest BCUT2D eigenvalue weighted by atomic mass is 16.4. The average molecular weight is 281 g/mol. The number of amides is 2. The Morgan fingerprint density at radius 1 is 1.45 bits per heavy atom. The smallest absolute Gasteiger partial charge is 0.315 e. The van der Waals surface area contributed by atoms with Gasteiger partial charge in [-0.1, -0.05) is 12.8 Å². The van der Waals surface area contributed by atoms with Crippen LogP contribution in [0.3, 0.4) is 0 Å². The molecule has 1 heterocycles. The van der Waals surface area contributed by atoms with Gasteiger partial charge in [0.15, 0.2) is 5.82 Å². The Kier molecular flexibility index (Phi) is 4.21. The summed E-state index contributed by atoms with van der Waals surface area (Å²) in [6, 6.07) is -0.365. The van der Waals surface area contributed by atoms with Crippen molar-refractivity contribution in [3.8, 4) is 0 Å². The van der Waals surface area contributed by atoms with Gasteiger partial charge in [0.25, 0.3) is 0 Å². The van der Waals surface area contributed by atoms with Crippen molar-refractivity contribution in [1.82, 2.24) is 25.4 Å². The Morgan fingerprint density at radius 3 is 2.70 bits per heavy atom. The summed E-state index contributed by atoms with van der Waals surface area (Å²) < 4.78 is 1.71. The number of carboxylic acids is 1. The van der Waals surface area contributed by atoms with E-state index in [0.717, 1.165) is 12.8 Å². The molecule has 3 N–H and O–H groups in total. The Labute approximate surface area is 116 Å². The van der Waals surface area contributed by atoms with Crippen LogP contribution in [-0.4, -0.2) is 37.4 Å². The highest BCUT2D eigenvalue weighted by Crippen LogP contribution is 2.32. The van der Waals surface area contributed by atoms with Gasteiger partial charge in [-0.05, 0) is 12.8 Å². The molecule has 0 saturated heterocycles. The predicted molar refractivity (Wildman–Crippen MR) is 69.8 cm³/mol. The first-order valence-corrected chi connectivity index (χ1v) is 6.61. The summed E-state index contributed by atoms with van der Waals surface area (Å²) in [6.45, 7) is 0.255. The first kappa shape index (κ1) is 14.3. The van der Waals surface area contributed by atoms with Crippen molar-refractivity contribution in [3.05, 3.63) is 12.2 Å². The second-order valence-electron chi connectivity index (χ2n) is 5.22. The Bertz CT molecular complexity index is 493. The van der Waals surface area contributed by atoms with Crippen LogP contribution in [0.25, 0.3) is 0 Å². The van der Waals surface area contributed by atoms with E-state index in [-0.39, 0.29) is 19.0 Å². The SMILES string of the molecule is Cn1cnnc1CNC(=O)NC1(CC(=O)O)CCCC1. The fourth-order valence-corrected chi connectivity index (χ4v) is 2.60. The predicted octanol–water partition coefficient (Wildman–Crippen LogP) is 0.402. The molecular formula is C12H19N5O3. The molecule has 20 heavy (non-hydrogen) atoms. The maximum absolute atomic E-state index is 11.9. The molecule has 8 heteroatoms. The second kappa shape index (κ2) is 5.89. The van der Waals surface area contributed by atoms with Crippen molar-refractivity contribution in [1.29, 1.82) is 0 Å². The van der Waals surface area contributed by atoms with Gasteiger partial charge >= 0.3 is 12.0 Å². The van der Waals surface area contributed by atoms with Gasteiger partial charge in [0.05, 0.1) is 18.5 Å². The quantitative estimate of drug-likeness (QED) is 0.724. The highest BCUT2D eigenvalue weighted by Gasteiger charge is 2.37. The normalized spacial score (nSPS) is 16.9. The molecule has 110 valence electrons. The molecule has 1 saturated carbocycles. The maximum atomic E-state index is 11.9. The van der Waals surface area contributed by atoms with Crippen LogP contribution < -0.4 is 10.6 Å². The largest absolute Gasteiger partial charge is 0.481 e. The van der Waals surface area contributed by atoms with Crippen molar-refractivity contribution < 1.29 is 14.7 Å². The average Bonchev–Trinajstić information content (AvgIpc) is 2.96. The van der Waals surface area contributed by atoms with E-state index in [1.54, 1.807) is 17.9 Å². The fraction of sp³-hybridized carbons (Fsp3) is 0.667. The summed E-state index contributed by atoms with van der Waals surface area (Å²) in [5.41, 5.74) is -0.615. The van der Waals surface area contributed by atoms with E-state index < -0.39 is 11.5 Å². The number of carboxylic acid groups (broad SMARTS) is 1. The van der Waals surface area contributed by atoms with Crippen molar-refractivity contribution in [2.45, 2.75) is 44.2 Å². The van der Waals surface area contributed by atoms with E-state index in [2.05, 4.69) is 20.8 Å². The van der Waals surface area contributed by atoms with Gasteiger partial charge in [-0.2, -0.15) is 0 Å². The van der Waals surface area contributed by atoms with Gasteiger partial charge in [-0.25, -0.2) is 4.79 Å². The number of carbonyl (C=O) groups excluding carboxylic acids is 1. The third kappa shape index (κ3) is 3.46. The van der Waals surface area contributed by atoms with Crippen LogP contribution in [0.1, 0.15) is 37.9 Å². The number of nitrogens with one attached hydrogen (secondary N) is 2. The molecule has 2 amide bonds. The minimum absolute atomic E-state index is 0.0373. The molecule has 1 aromatic heterocycles. The molecule has 1 aliphatic rings. The second-order valence-corrected chi connectivity index (χ2v) is 5.22. The lowest BCUT2D eigenvalue weighted by Crippen LogP contribution is -2.51. The fourth-order valence-electron chi connectivity index (χ4n) is 2.60. The van der Waals surface area contributed by atoms with Crippen molar-refractivity contribution >= 4 is 12.0 Å². The maximum Gasteiger partial charge on any atom is 0.315 e. The number of carbonyl (C=O) groups is 2. The van der Waals surface area contributed by atoms with Crippen LogP contribution in [0.5, 0.6) is 0 Å². The third-order valence-corrected chi connectivity index (χ3v) is 3.64. The first-order chi connectivity index (χ1) is 9.51. The van der Waals surface area contributed by atoms with Gasteiger partial charge in [-0.15, -0.1) is 10.2 Å². The molecule has 0 bridgehead atoms. The number of aliphatic carboxylic acids is 1. The van der Waals surface area contributed by atoms with E-state index >= 15 is 0 Å². The molecule has 0 radical (unpaired) electrons. The molecule has 0 atom stereocenters. The monoisotopic (exact) mass is 281 g/mol. The number of hydrogen-bond acceptors (Lipinski definition) is 4. The van der Waals surface area contributed by atoms with E-state index in [1.807, 2.05) is 0 Å². The summed E-state index contributed by atoms with van der Waals surface area (Å²) in [7, 11) is 1.79. The van der Waals surface area contributed by atoms with Gasteiger partial charge < -0.3 is 20.3 Å². The number of nitrogens with zero attached hydrogens (tertiary/aromatic N) is 3. The van der Waals surface area contributed by atoms with E-state index in [0.29, 0.717) is 18.7 Å². The molecule has 0 unspecified atom stereocenters. The third-order valence-electron chi connectivity index (χ3n) is 3.64. The standard InChI is InChI=1S/C12H19N5O3/c1-17-8-14-16-9(17)7-13-11(20)15-12(6-10(18)19)4-2-3-5-12/h8H,2-7H2,1H3,(H,18,19)(H2,13,15,20). The molecule has 8 nitrogen and oxygen atoms in total. The van der Waals surface area contributed by atoms with Crippen LogP contribution >= 0.6 is 0 Å². The van der Waals surface area contributed by atoms with E-state index in [1.165, 1.54) is 0 Å². The molecule has 1 aliphatic carbocycles. The van der Waals surface area contributed by atoms with Crippen LogP contribution in [0.4, 0.5) is 4.79 Å². The molecule has 0 spiro atoms. The van der Waals surface area contributed by atoms with Crippen LogP contribution in [0.15, 0.2) is 6.33 Å². The van der Waals surface area contributed by atoms with Gasteiger partial charge in [-0.3, -0.25) is 4.79 Å². The zero-order valence-electron chi connectivity index (χ0n) is 11.4. The molecular weight excluding hydrogens is 262 g/mol. The molecule has 0 aromatic carbocycles. The van der Waals surface area contributed by atoms with Crippen molar-refractivity contribution in [3.63, 3.8) is 0 Å². The van der Waals surface area contributed by atoms with Crippen molar-refractivity contribution in [2.24, 2.45) is 7.05 Å². The van der Waals surface area contributed by atoms with Crippen LogP contribution in [0, 0.1) is 0 Å². The number of urea groups is 1. The zero-order chi connectivity index (χ0) is 14.6. The van der Waals surface area contributed by atoms with Gasteiger partial charge in [0, 0.05) is 7.05 Å². The molecule has 0 aliphatic heterocycles. The number of rotatable bonds is 5. The van der Waals surface area contributed by atoms with Crippen LogP contribution in [0.2, 0.25) is 0 Å². The van der Waals surface area contributed by atoms with Crippen LogP contribution in [-0.2, 0) is 18.4 Å². The topological polar surface area (TPSA) is 109 Å². The lowest BCUT2D eigenvalue weighted by molar-refractivity contribution is -0.138. The molecule has 1 fully saturated rings. The van der Waals surface area contributed by atoms with E-state index in [9.17, 15) is 9.59 Å². The zero-order valence-corrected chi connectivity index (χ0v) is 11.4.